The molecule has 0 aromatic carbocycles. The molecule has 8 atom stereocenters. The molecule has 4 rings (SSSR count). The molecule has 4 heteroatoms. The fourth-order valence-corrected chi connectivity index (χ4v) is 9.21. The van der Waals surface area contributed by atoms with Crippen LogP contribution in [-0.2, 0) is 9.47 Å². The molecule has 0 N–H and O–H groups in total. The first-order chi connectivity index (χ1) is 16.2. The Balaban J connectivity index is 1.41. The summed E-state index contributed by atoms with van der Waals surface area (Å²) < 4.78 is 10.8. The van der Waals surface area contributed by atoms with Gasteiger partial charge in [0.15, 0.2) is 0 Å². The summed E-state index contributed by atoms with van der Waals surface area (Å²) in [6.07, 6.45) is 16.2. The van der Waals surface area contributed by atoms with Crippen molar-refractivity contribution in [2.45, 2.75) is 111 Å². The van der Waals surface area contributed by atoms with Gasteiger partial charge in [-0.05, 0) is 91.3 Å². The van der Waals surface area contributed by atoms with Gasteiger partial charge in [0.2, 0.25) is 0 Å². The van der Waals surface area contributed by atoms with Crippen molar-refractivity contribution >= 4 is 22.1 Å². The van der Waals surface area contributed by atoms with Crippen molar-refractivity contribution in [2.24, 2.45) is 46.3 Å². The minimum Gasteiger partial charge on any atom is -0.433 e. The average Bonchev–Trinajstić information content (AvgIpc) is 3.15. The zero-order valence-corrected chi connectivity index (χ0v) is 24.0. The first-order valence-corrected chi connectivity index (χ1v) is 15.4. The Kier molecular flexibility index (Phi) is 8.47. The molecule has 0 radical (unpaired) electrons. The lowest BCUT2D eigenvalue weighted by Gasteiger charge is -2.58. The van der Waals surface area contributed by atoms with E-state index in [1.807, 2.05) is 0 Å². The van der Waals surface area contributed by atoms with Crippen molar-refractivity contribution in [3.8, 4) is 0 Å². The van der Waals surface area contributed by atoms with Crippen LogP contribution < -0.4 is 0 Å². The number of hydrogen-bond acceptors (Lipinski definition) is 3. The third-order valence-electron chi connectivity index (χ3n) is 10.8. The van der Waals surface area contributed by atoms with Crippen LogP contribution in [0.15, 0.2) is 11.6 Å². The van der Waals surface area contributed by atoms with Gasteiger partial charge in [0.1, 0.15) is 12.7 Å². The van der Waals surface area contributed by atoms with Gasteiger partial charge in [0, 0.05) is 11.8 Å². The Morgan fingerprint density at radius 2 is 1.88 bits per heavy atom. The molecule has 4 unspecified atom stereocenters. The van der Waals surface area contributed by atoms with E-state index in [9.17, 15) is 4.79 Å². The van der Waals surface area contributed by atoms with Gasteiger partial charge in [-0.3, -0.25) is 0 Å². The molecule has 0 aliphatic heterocycles. The van der Waals surface area contributed by atoms with E-state index < -0.39 is 6.16 Å². The smallest absolute Gasteiger partial charge is 0.433 e. The van der Waals surface area contributed by atoms with Crippen LogP contribution in [-0.4, -0.2) is 24.2 Å². The van der Waals surface area contributed by atoms with E-state index in [0.29, 0.717) is 22.8 Å². The molecule has 4 aliphatic rings. The topological polar surface area (TPSA) is 35.5 Å². The molecule has 0 saturated heterocycles. The predicted molar refractivity (Wildman–Crippen MR) is 143 cm³/mol. The molecule has 34 heavy (non-hydrogen) atoms. The first kappa shape index (κ1) is 26.6. The summed E-state index contributed by atoms with van der Waals surface area (Å²) in [6.45, 7) is 12.9. The van der Waals surface area contributed by atoms with E-state index in [-0.39, 0.29) is 6.10 Å². The standard InChI is InChI=1S/C30H49BrO3/c1-20(2)7-6-8-21(3)25-11-12-26-24-10-9-22-19-23(34-28(32)33-18-17-31)13-15-29(22,4)27(24)14-16-30(25,26)5/h9,20-21,23-27H,6-8,10-19H2,1-5H3/t21-,23?,24?,25-,26?,27?,29+,30-/m1/s1. The molecule has 194 valence electrons. The molecular weight excluding hydrogens is 488 g/mol. The Hall–Kier alpha value is -0.510. The monoisotopic (exact) mass is 536 g/mol. The number of carbonyl (C=O) groups excluding carboxylic acids is 1. The van der Waals surface area contributed by atoms with Crippen LogP contribution in [0.4, 0.5) is 4.79 Å². The molecule has 0 amide bonds. The Labute approximate surface area is 217 Å². The maximum absolute atomic E-state index is 12.0. The van der Waals surface area contributed by atoms with Crippen LogP contribution in [0.3, 0.4) is 0 Å². The number of carbonyl (C=O) groups is 1. The number of rotatable bonds is 8. The van der Waals surface area contributed by atoms with Gasteiger partial charge in [-0.25, -0.2) is 4.79 Å². The fraction of sp³-hybridized carbons (Fsp3) is 0.900. The summed E-state index contributed by atoms with van der Waals surface area (Å²) in [6, 6.07) is 0. The third kappa shape index (κ3) is 5.14. The van der Waals surface area contributed by atoms with E-state index in [1.54, 1.807) is 5.57 Å². The van der Waals surface area contributed by atoms with E-state index in [0.717, 1.165) is 54.8 Å². The summed E-state index contributed by atoms with van der Waals surface area (Å²) in [7, 11) is 0. The normalized spacial score (nSPS) is 40.1. The quantitative estimate of drug-likeness (QED) is 0.176. The fourth-order valence-electron chi connectivity index (χ4n) is 9.04. The molecule has 0 spiro atoms. The van der Waals surface area contributed by atoms with Crippen molar-refractivity contribution < 1.29 is 14.3 Å². The van der Waals surface area contributed by atoms with Gasteiger partial charge >= 0.3 is 6.16 Å². The zero-order valence-electron chi connectivity index (χ0n) is 22.4. The van der Waals surface area contributed by atoms with Crippen LogP contribution in [0.25, 0.3) is 0 Å². The number of halogens is 1. The third-order valence-corrected chi connectivity index (χ3v) is 11.1. The number of allylic oxidation sites excluding steroid dienone is 1. The summed E-state index contributed by atoms with van der Waals surface area (Å²) >= 11 is 3.30. The molecule has 3 fully saturated rings. The number of hydrogen-bond donors (Lipinski definition) is 0. The highest BCUT2D eigenvalue weighted by atomic mass is 79.9. The highest BCUT2D eigenvalue weighted by Gasteiger charge is 2.59. The highest BCUT2D eigenvalue weighted by Crippen LogP contribution is 2.67. The maximum Gasteiger partial charge on any atom is 0.508 e. The summed E-state index contributed by atoms with van der Waals surface area (Å²) in [5.74, 6) is 5.17. The van der Waals surface area contributed by atoms with Gasteiger partial charge < -0.3 is 9.47 Å². The van der Waals surface area contributed by atoms with Crippen molar-refractivity contribution in [3.05, 3.63) is 11.6 Å². The van der Waals surface area contributed by atoms with Crippen LogP contribution in [0.2, 0.25) is 0 Å². The summed E-state index contributed by atoms with van der Waals surface area (Å²) in [5, 5.41) is 0.650. The van der Waals surface area contributed by atoms with Crippen molar-refractivity contribution in [1.29, 1.82) is 0 Å². The van der Waals surface area contributed by atoms with Gasteiger partial charge in [-0.2, -0.15) is 0 Å². The van der Waals surface area contributed by atoms with E-state index in [4.69, 9.17) is 9.47 Å². The second-order valence-electron chi connectivity index (χ2n) is 13.1. The van der Waals surface area contributed by atoms with Crippen LogP contribution in [0.5, 0.6) is 0 Å². The molecule has 4 aliphatic carbocycles. The number of fused-ring (bicyclic) bond motifs is 5. The molecule has 0 heterocycles. The molecule has 0 aromatic heterocycles. The predicted octanol–water partition coefficient (Wildman–Crippen LogP) is 8.94. The molecule has 3 nitrogen and oxygen atoms in total. The SMILES string of the molecule is CC(C)CCC[C@@H](C)[C@H]1CCC2C3CC=C4CC(OC(=O)OCCBr)CC[C@]4(C)C3CC[C@@]21C. The molecular formula is C30H49BrO3. The average molecular weight is 538 g/mol. The lowest BCUT2D eigenvalue weighted by atomic mass is 9.47. The largest absolute Gasteiger partial charge is 0.508 e. The molecule has 0 aromatic rings. The zero-order chi connectivity index (χ0) is 24.5. The summed E-state index contributed by atoms with van der Waals surface area (Å²) in [4.78, 5) is 12.0. The lowest BCUT2D eigenvalue weighted by Crippen LogP contribution is -2.51. The maximum atomic E-state index is 12.0. The Morgan fingerprint density at radius 1 is 1.09 bits per heavy atom. The van der Waals surface area contributed by atoms with E-state index in [1.165, 1.54) is 51.4 Å². The Morgan fingerprint density at radius 3 is 2.62 bits per heavy atom. The van der Waals surface area contributed by atoms with Gasteiger partial charge in [0.25, 0.3) is 0 Å². The minimum absolute atomic E-state index is 0.0184. The van der Waals surface area contributed by atoms with E-state index in [2.05, 4.69) is 56.6 Å². The second kappa shape index (κ2) is 10.9. The van der Waals surface area contributed by atoms with Crippen LogP contribution in [0, 0.1) is 46.3 Å². The second-order valence-corrected chi connectivity index (χ2v) is 13.9. The molecule has 0 bridgehead atoms. The van der Waals surface area contributed by atoms with Crippen molar-refractivity contribution in [3.63, 3.8) is 0 Å². The van der Waals surface area contributed by atoms with E-state index >= 15 is 0 Å². The first-order valence-electron chi connectivity index (χ1n) is 14.3. The highest BCUT2D eigenvalue weighted by molar-refractivity contribution is 9.09. The lowest BCUT2D eigenvalue weighted by molar-refractivity contribution is -0.0614. The van der Waals surface area contributed by atoms with Gasteiger partial charge in [-0.15, -0.1) is 0 Å². The van der Waals surface area contributed by atoms with Crippen LogP contribution in [0.1, 0.15) is 105 Å². The van der Waals surface area contributed by atoms with Crippen molar-refractivity contribution in [2.75, 3.05) is 11.9 Å². The summed E-state index contributed by atoms with van der Waals surface area (Å²) in [5.41, 5.74) is 2.41. The van der Waals surface area contributed by atoms with Gasteiger partial charge in [0.05, 0.1) is 0 Å². The van der Waals surface area contributed by atoms with Gasteiger partial charge in [-0.1, -0.05) is 81.5 Å². The van der Waals surface area contributed by atoms with Crippen LogP contribution >= 0.6 is 15.9 Å². The molecule has 3 saturated carbocycles. The number of alkyl halides is 1. The Bertz CT molecular complexity index is 747. The van der Waals surface area contributed by atoms with Crippen molar-refractivity contribution in [1.82, 2.24) is 0 Å². The minimum atomic E-state index is -0.504. The number of ether oxygens (including phenoxy) is 2.